The molecule has 0 radical (unpaired) electrons. The summed E-state index contributed by atoms with van der Waals surface area (Å²) in [6.07, 6.45) is -0.170. The van der Waals surface area contributed by atoms with Crippen LogP contribution in [0, 0.1) is 24.0 Å². The smallest absolute Gasteiger partial charge is 0.274 e. The highest BCUT2D eigenvalue weighted by Crippen LogP contribution is 2.39. The topological polar surface area (TPSA) is 119 Å². The van der Waals surface area contributed by atoms with Gasteiger partial charge >= 0.3 is 0 Å². The van der Waals surface area contributed by atoms with E-state index >= 15 is 0 Å². The molecule has 0 spiro atoms. The number of rotatable bonds is 5. The molecule has 4 rings (SSSR count). The lowest BCUT2D eigenvalue weighted by Crippen LogP contribution is -2.23. The van der Waals surface area contributed by atoms with Gasteiger partial charge in [-0.25, -0.2) is 4.68 Å². The van der Waals surface area contributed by atoms with Crippen molar-refractivity contribution in [2.45, 2.75) is 26.3 Å². The third-order valence-electron chi connectivity index (χ3n) is 5.11. The van der Waals surface area contributed by atoms with Crippen molar-refractivity contribution in [1.29, 1.82) is 0 Å². The summed E-state index contributed by atoms with van der Waals surface area (Å²) in [7, 11) is 0. The Hall–Kier alpha value is -3.72. The van der Waals surface area contributed by atoms with Crippen molar-refractivity contribution in [2.24, 2.45) is 0 Å². The molecule has 1 atom stereocenters. The number of anilines is 2. The molecule has 0 aliphatic carbocycles. The van der Waals surface area contributed by atoms with E-state index in [1.54, 1.807) is 31.2 Å². The van der Waals surface area contributed by atoms with Crippen LogP contribution < -0.4 is 10.6 Å². The largest absolute Gasteiger partial charge is 0.326 e. The van der Waals surface area contributed by atoms with Crippen molar-refractivity contribution in [3.05, 3.63) is 68.9 Å². The lowest BCUT2D eigenvalue weighted by molar-refractivity contribution is -0.385. The van der Waals surface area contributed by atoms with Crippen molar-refractivity contribution >= 4 is 40.6 Å². The molecule has 0 bridgehead atoms. The zero-order chi connectivity index (χ0) is 22.3. The number of hydrogen-bond acceptors (Lipinski definition) is 5. The molecule has 1 aliphatic rings. The zero-order valence-corrected chi connectivity index (χ0v) is 17.4. The number of aromatic nitrogens is 2. The fourth-order valence-corrected chi connectivity index (χ4v) is 3.83. The third kappa shape index (κ3) is 3.87. The number of carbonyl (C=O) groups excluding carboxylic acids is 2. The third-order valence-corrected chi connectivity index (χ3v) is 5.34. The Labute approximate surface area is 182 Å². The molecule has 158 valence electrons. The number of nitrogens with zero attached hydrogens (tertiary/aromatic N) is 3. The highest BCUT2D eigenvalue weighted by Gasteiger charge is 2.36. The molecule has 1 unspecified atom stereocenters. The fraction of sp³-hybridized carbons (Fsp3) is 0.190. The predicted octanol–water partition coefficient (Wildman–Crippen LogP) is 4.25. The first-order valence-corrected chi connectivity index (χ1v) is 9.83. The minimum absolute atomic E-state index is 0.0902. The molecular weight excluding hydrogens is 422 g/mol. The van der Waals surface area contributed by atoms with E-state index in [2.05, 4.69) is 15.7 Å². The van der Waals surface area contributed by atoms with Gasteiger partial charge in [-0.3, -0.25) is 19.7 Å². The Morgan fingerprint density at radius 1 is 1.29 bits per heavy atom. The standard InChI is InChI=1S/C21H18ClN5O4/c1-11-6-7-15(9-16(11)27(30)31)23-18(28)10-17-21(29)24-20-19(12(2)25-26(17)20)13-4-3-5-14(22)8-13/h3-9,17H,10H2,1-2H3,(H,23,28)(H,24,29). The summed E-state index contributed by atoms with van der Waals surface area (Å²) < 4.78 is 1.51. The van der Waals surface area contributed by atoms with E-state index in [0.29, 0.717) is 22.1 Å². The SMILES string of the molecule is Cc1ccc(NC(=O)CC2C(=O)Nc3c(-c4cccc(Cl)c4)c(C)nn32)cc1[N+](=O)[O-]. The van der Waals surface area contributed by atoms with Gasteiger partial charge in [0.15, 0.2) is 0 Å². The van der Waals surface area contributed by atoms with Crippen LogP contribution in [0.5, 0.6) is 0 Å². The van der Waals surface area contributed by atoms with E-state index in [0.717, 1.165) is 11.1 Å². The number of nitro groups is 1. The molecule has 9 nitrogen and oxygen atoms in total. The van der Waals surface area contributed by atoms with Gasteiger partial charge in [0, 0.05) is 27.9 Å². The number of hydrogen-bond donors (Lipinski definition) is 2. The molecule has 0 saturated heterocycles. The summed E-state index contributed by atoms with van der Waals surface area (Å²) in [4.78, 5) is 35.7. The number of fused-ring (bicyclic) bond motifs is 1. The first-order chi connectivity index (χ1) is 14.7. The Kier molecular flexibility index (Phi) is 5.20. The molecule has 2 amide bonds. The Morgan fingerprint density at radius 3 is 2.77 bits per heavy atom. The molecule has 1 aromatic heterocycles. The molecular formula is C21H18ClN5O4. The Balaban J connectivity index is 1.57. The van der Waals surface area contributed by atoms with Crippen LogP contribution in [0.2, 0.25) is 5.02 Å². The maximum absolute atomic E-state index is 12.6. The summed E-state index contributed by atoms with van der Waals surface area (Å²) in [5, 5.41) is 21.6. The second-order valence-corrected chi connectivity index (χ2v) is 7.72. The molecule has 31 heavy (non-hydrogen) atoms. The van der Waals surface area contributed by atoms with Gasteiger partial charge in [0.1, 0.15) is 11.9 Å². The highest BCUT2D eigenvalue weighted by atomic mass is 35.5. The van der Waals surface area contributed by atoms with Gasteiger partial charge in [-0.1, -0.05) is 29.8 Å². The second-order valence-electron chi connectivity index (χ2n) is 7.28. The average molecular weight is 440 g/mol. The number of nitro benzene ring substituents is 1. The summed E-state index contributed by atoms with van der Waals surface area (Å²) >= 11 is 6.10. The summed E-state index contributed by atoms with van der Waals surface area (Å²) in [5.41, 5.74) is 2.93. The predicted molar refractivity (Wildman–Crippen MR) is 116 cm³/mol. The average Bonchev–Trinajstić information content (AvgIpc) is 3.17. The van der Waals surface area contributed by atoms with E-state index in [4.69, 9.17) is 11.6 Å². The van der Waals surface area contributed by atoms with E-state index < -0.39 is 16.9 Å². The minimum Gasteiger partial charge on any atom is -0.326 e. The fourth-order valence-electron chi connectivity index (χ4n) is 3.64. The first kappa shape index (κ1) is 20.5. The second kappa shape index (κ2) is 7.84. The van der Waals surface area contributed by atoms with E-state index in [1.807, 2.05) is 19.1 Å². The quantitative estimate of drug-likeness (QED) is 0.455. The number of amides is 2. The van der Waals surface area contributed by atoms with Gasteiger partial charge in [-0.05, 0) is 37.6 Å². The minimum atomic E-state index is -0.831. The van der Waals surface area contributed by atoms with E-state index in [1.165, 1.54) is 10.7 Å². The highest BCUT2D eigenvalue weighted by molar-refractivity contribution is 6.30. The van der Waals surface area contributed by atoms with E-state index in [9.17, 15) is 19.7 Å². The van der Waals surface area contributed by atoms with Crippen LogP contribution in [-0.4, -0.2) is 26.5 Å². The zero-order valence-electron chi connectivity index (χ0n) is 16.7. The Bertz CT molecular complexity index is 1240. The molecule has 0 fully saturated rings. The number of aryl methyl sites for hydroxylation is 2. The van der Waals surface area contributed by atoms with Crippen molar-refractivity contribution in [2.75, 3.05) is 10.6 Å². The molecule has 2 N–H and O–H groups in total. The maximum Gasteiger partial charge on any atom is 0.274 e. The van der Waals surface area contributed by atoms with Gasteiger partial charge in [0.05, 0.1) is 17.0 Å². The van der Waals surface area contributed by atoms with Crippen molar-refractivity contribution in [3.8, 4) is 11.1 Å². The lowest BCUT2D eigenvalue weighted by atomic mass is 10.1. The van der Waals surface area contributed by atoms with Crippen LogP contribution in [0.3, 0.4) is 0 Å². The lowest BCUT2D eigenvalue weighted by Gasteiger charge is -2.10. The monoisotopic (exact) mass is 439 g/mol. The van der Waals surface area contributed by atoms with Gasteiger partial charge < -0.3 is 10.6 Å². The molecule has 2 heterocycles. The molecule has 2 aromatic carbocycles. The van der Waals surface area contributed by atoms with Crippen LogP contribution >= 0.6 is 11.6 Å². The van der Waals surface area contributed by atoms with E-state index in [-0.39, 0.29) is 23.7 Å². The van der Waals surface area contributed by atoms with Gasteiger partial charge in [-0.2, -0.15) is 5.10 Å². The van der Waals surface area contributed by atoms with Gasteiger partial charge in [0.2, 0.25) is 5.91 Å². The number of carbonyl (C=O) groups is 2. The van der Waals surface area contributed by atoms with Crippen molar-refractivity contribution in [3.63, 3.8) is 0 Å². The Morgan fingerprint density at radius 2 is 2.06 bits per heavy atom. The summed E-state index contributed by atoms with van der Waals surface area (Å²) in [6.45, 7) is 3.43. The van der Waals surface area contributed by atoms with Crippen LogP contribution in [0.15, 0.2) is 42.5 Å². The molecule has 10 heteroatoms. The van der Waals surface area contributed by atoms with Crippen LogP contribution in [-0.2, 0) is 9.59 Å². The molecule has 1 aliphatic heterocycles. The molecule has 3 aromatic rings. The van der Waals surface area contributed by atoms with Crippen LogP contribution in [0.25, 0.3) is 11.1 Å². The summed E-state index contributed by atoms with van der Waals surface area (Å²) in [6, 6.07) is 10.8. The van der Waals surface area contributed by atoms with Crippen molar-refractivity contribution in [1.82, 2.24) is 9.78 Å². The number of halogens is 1. The number of benzene rings is 2. The summed E-state index contributed by atoms with van der Waals surface area (Å²) in [5.74, 6) is -0.298. The molecule has 0 saturated carbocycles. The van der Waals surface area contributed by atoms with Crippen LogP contribution in [0.4, 0.5) is 17.2 Å². The normalized spacial score (nSPS) is 14.8. The van der Waals surface area contributed by atoms with Crippen molar-refractivity contribution < 1.29 is 14.5 Å². The van der Waals surface area contributed by atoms with Gasteiger partial charge in [0.25, 0.3) is 11.6 Å². The first-order valence-electron chi connectivity index (χ1n) is 9.45. The van der Waals surface area contributed by atoms with Crippen LogP contribution in [0.1, 0.15) is 23.7 Å². The number of nitrogens with one attached hydrogen (secondary N) is 2. The van der Waals surface area contributed by atoms with Gasteiger partial charge in [-0.15, -0.1) is 0 Å². The maximum atomic E-state index is 12.6.